The van der Waals surface area contributed by atoms with E-state index in [4.69, 9.17) is 0 Å². The van der Waals surface area contributed by atoms with Crippen LogP contribution in [0.3, 0.4) is 0 Å². The summed E-state index contributed by atoms with van der Waals surface area (Å²) in [5.74, 6) is 0.433. The molecule has 0 aromatic heterocycles. The van der Waals surface area contributed by atoms with Gasteiger partial charge in [-0.25, -0.2) is 0 Å². The van der Waals surface area contributed by atoms with E-state index in [9.17, 15) is 13.2 Å². The Morgan fingerprint density at radius 1 is 1.08 bits per heavy atom. The maximum Gasteiger partial charge on any atom is 0.279 e. The highest BCUT2D eigenvalue weighted by Gasteiger charge is 2.31. The molecule has 1 amide bonds. The first-order valence-electron chi connectivity index (χ1n) is 9.07. The summed E-state index contributed by atoms with van der Waals surface area (Å²) in [7, 11) is -3.43. The van der Waals surface area contributed by atoms with Crippen LogP contribution in [0.25, 0.3) is 0 Å². The highest BCUT2D eigenvalue weighted by atomic mass is 32.2. The number of carbonyl (C=O) groups is 1. The number of hydrogen-bond donors (Lipinski definition) is 1. The minimum absolute atomic E-state index is 0.0202. The highest BCUT2D eigenvalue weighted by molar-refractivity contribution is 7.87. The molecule has 0 radical (unpaired) electrons. The zero-order valence-corrected chi connectivity index (χ0v) is 15.5. The standard InChI is InChI=1S/C18H27N3O3S/c1-15-6-5-11-21(14-15)25(23,24)19-17-9-12-20(13-10-17)18(22)16-7-3-2-4-8-16/h2-4,7-8,15,17,19H,5-6,9-14H2,1H3/t15-/m1/s1. The lowest BCUT2D eigenvalue weighted by Gasteiger charge is -2.35. The largest absolute Gasteiger partial charge is 0.339 e. The number of rotatable bonds is 4. The third-order valence-corrected chi connectivity index (χ3v) is 6.72. The van der Waals surface area contributed by atoms with Crippen molar-refractivity contribution in [3.8, 4) is 0 Å². The molecule has 6 nitrogen and oxygen atoms in total. The van der Waals surface area contributed by atoms with Crippen molar-refractivity contribution >= 4 is 16.1 Å². The SMILES string of the molecule is C[C@@H]1CCCN(S(=O)(=O)NC2CCN(C(=O)c3ccccc3)CC2)C1. The van der Waals surface area contributed by atoms with Crippen LogP contribution in [0.1, 0.15) is 43.0 Å². The molecule has 2 fully saturated rings. The summed E-state index contributed by atoms with van der Waals surface area (Å²) in [5, 5.41) is 0. The third kappa shape index (κ3) is 4.59. The van der Waals surface area contributed by atoms with Gasteiger partial charge in [0.25, 0.3) is 16.1 Å². The fourth-order valence-corrected chi connectivity index (χ4v) is 5.24. The molecule has 0 unspecified atom stereocenters. The maximum atomic E-state index is 12.6. The molecule has 1 aromatic rings. The van der Waals surface area contributed by atoms with E-state index in [0.717, 1.165) is 12.8 Å². The van der Waals surface area contributed by atoms with E-state index >= 15 is 0 Å². The van der Waals surface area contributed by atoms with Crippen molar-refractivity contribution in [1.29, 1.82) is 0 Å². The minimum Gasteiger partial charge on any atom is -0.339 e. The van der Waals surface area contributed by atoms with Gasteiger partial charge in [0.2, 0.25) is 0 Å². The summed E-state index contributed by atoms with van der Waals surface area (Å²) in [5.41, 5.74) is 0.684. The van der Waals surface area contributed by atoms with Crippen LogP contribution in [-0.2, 0) is 10.2 Å². The molecule has 0 saturated carbocycles. The lowest BCUT2D eigenvalue weighted by Crippen LogP contribution is -2.52. The van der Waals surface area contributed by atoms with Crippen LogP contribution in [-0.4, -0.2) is 55.8 Å². The third-order valence-electron chi connectivity index (χ3n) is 5.08. The number of hydrogen-bond acceptors (Lipinski definition) is 3. The summed E-state index contributed by atoms with van der Waals surface area (Å²) >= 11 is 0. The molecule has 2 aliphatic rings. The van der Waals surface area contributed by atoms with Gasteiger partial charge in [-0.2, -0.15) is 17.4 Å². The molecule has 2 aliphatic heterocycles. The zero-order valence-electron chi connectivity index (χ0n) is 14.7. The van der Waals surface area contributed by atoms with E-state index in [2.05, 4.69) is 11.6 Å². The lowest BCUT2D eigenvalue weighted by atomic mass is 10.0. The number of amides is 1. The van der Waals surface area contributed by atoms with Gasteiger partial charge in [-0.05, 0) is 43.7 Å². The zero-order chi connectivity index (χ0) is 17.9. The van der Waals surface area contributed by atoms with Gasteiger partial charge in [0, 0.05) is 37.8 Å². The Balaban J connectivity index is 1.53. The Kier molecular flexibility index (Phi) is 5.76. The quantitative estimate of drug-likeness (QED) is 0.885. The second-order valence-corrected chi connectivity index (χ2v) is 8.86. The predicted octanol–water partition coefficient (Wildman–Crippen LogP) is 1.86. The first-order chi connectivity index (χ1) is 12.0. The van der Waals surface area contributed by atoms with Gasteiger partial charge >= 0.3 is 0 Å². The fraction of sp³-hybridized carbons (Fsp3) is 0.611. The molecule has 1 N–H and O–H groups in total. The summed E-state index contributed by atoms with van der Waals surface area (Å²) < 4.78 is 29.6. The molecule has 0 aliphatic carbocycles. The van der Waals surface area contributed by atoms with E-state index in [1.165, 1.54) is 0 Å². The van der Waals surface area contributed by atoms with Gasteiger partial charge in [0.1, 0.15) is 0 Å². The number of benzene rings is 1. The van der Waals surface area contributed by atoms with Crippen molar-refractivity contribution in [3.63, 3.8) is 0 Å². The first kappa shape index (κ1) is 18.4. The Morgan fingerprint density at radius 3 is 2.40 bits per heavy atom. The predicted molar refractivity (Wildman–Crippen MR) is 97.4 cm³/mol. The minimum atomic E-state index is -3.43. The normalized spacial score (nSPS) is 23.6. The van der Waals surface area contributed by atoms with Gasteiger partial charge < -0.3 is 4.90 Å². The van der Waals surface area contributed by atoms with E-state index in [0.29, 0.717) is 50.5 Å². The monoisotopic (exact) mass is 365 g/mol. The smallest absolute Gasteiger partial charge is 0.279 e. The van der Waals surface area contributed by atoms with Gasteiger partial charge in [0.05, 0.1) is 0 Å². The molecule has 1 aromatic carbocycles. The van der Waals surface area contributed by atoms with Crippen LogP contribution in [0.4, 0.5) is 0 Å². The molecule has 3 rings (SSSR count). The fourth-order valence-electron chi connectivity index (χ4n) is 3.61. The van der Waals surface area contributed by atoms with Gasteiger partial charge in [-0.3, -0.25) is 4.79 Å². The van der Waals surface area contributed by atoms with E-state index < -0.39 is 10.2 Å². The van der Waals surface area contributed by atoms with Crippen LogP contribution in [0, 0.1) is 5.92 Å². The molecule has 1 atom stereocenters. The average Bonchev–Trinajstić information content (AvgIpc) is 2.62. The van der Waals surface area contributed by atoms with Crippen LogP contribution >= 0.6 is 0 Å². The number of piperidine rings is 2. The summed E-state index contributed by atoms with van der Waals surface area (Å²) in [6.07, 6.45) is 3.32. The lowest BCUT2D eigenvalue weighted by molar-refractivity contribution is 0.0711. The van der Waals surface area contributed by atoms with Crippen molar-refractivity contribution in [2.75, 3.05) is 26.2 Å². The summed E-state index contributed by atoms with van der Waals surface area (Å²) in [4.78, 5) is 14.3. The van der Waals surface area contributed by atoms with Crippen LogP contribution in [0.15, 0.2) is 30.3 Å². The molecular weight excluding hydrogens is 338 g/mol. The second-order valence-electron chi connectivity index (χ2n) is 7.16. The summed E-state index contributed by atoms with van der Waals surface area (Å²) in [6.45, 7) is 4.45. The number of likely N-dealkylation sites (tertiary alicyclic amines) is 1. The van der Waals surface area contributed by atoms with Crippen molar-refractivity contribution in [1.82, 2.24) is 13.9 Å². The van der Waals surface area contributed by atoms with Crippen LogP contribution in [0.2, 0.25) is 0 Å². The maximum absolute atomic E-state index is 12.6. The molecule has 0 spiro atoms. The molecule has 7 heteroatoms. The van der Waals surface area contributed by atoms with Crippen LogP contribution < -0.4 is 4.72 Å². The van der Waals surface area contributed by atoms with Gasteiger partial charge in [0.15, 0.2) is 0 Å². The Morgan fingerprint density at radius 2 is 1.76 bits per heavy atom. The van der Waals surface area contributed by atoms with Crippen molar-refractivity contribution in [2.45, 2.75) is 38.6 Å². The summed E-state index contributed by atoms with van der Waals surface area (Å²) in [6, 6.07) is 9.13. The first-order valence-corrected chi connectivity index (χ1v) is 10.5. The Bertz CT molecular complexity index is 685. The van der Waals surface area contributed by atoms with E-state index in [-0.39, 0.29) is 11.9 Å². The molecule has 2 heterocycles. The number of nitrogens with zero attached hydrogens (tertiary/aromatic N) is 2. The average molecular weight is 365 g/mol. The van der Waals surface area contributed by atoms with Gasteiger partial charge in [-0.1, -0.05) is 25.1 Å². The van der Waals surface area contributed by atoms with E-state index in [1.54, 1.807) is 4.31 Å². The molecule has 138 valence electrons. The van der Waals surface area contributed by atoms with Crippen molar-refractivity contribution in [2.24, 2.45) is 5.92 Å². The highest BCUT2D eigenvalue weighted by Crippen LogP contribution is 2.20. The topological polar surface area (TPSA) is 69.7 Å². The van der Waals surface area contributed by atoms with Crippen LogP contribution in [0.5, 0.6) is 0 Å². The molecule has 0 bridgehead atoms. The molecular formula is C18H27N3O3S. The van der Waals surface area contributed by atoms with Crippen molar-refractivity contribution < 1.29 is 13.2 Å². The Labute approximate surface area is 150 Å². The second kappa shape index (κ2) is 7.85. The number of carbonyl (C=O) groups excluding carboxylic acids is 1. The van der Waals surface area contributed by atoms with Crippen molar-refractivity contribution in [3.05, 3.63) is 35.9 Å². The number of nitrogens with one attached hydrogen (secondary N) is 1. The molecule has 2 saturated heterocycles. The van der Waals surface area contributed by atoms with E-state index in [1.807, 2.05) is 35.2 Å². The Hall–Kier alpha value is -1.44. The molecule has 25 heavy (non-hydrogen) atoms. The van der Waals surface area contributed by atoms with Gasteiger partial charge in [-0.15, -0.1) is 0 Å².